The molecule has 0 bridgehead atoms. The van der Waals surface area contributed by atoms with E-state index < -0.39 is 0 Å². The predicted octanol–water partition coefficient (Wildman–Crippen LogP) is 1.30. The summed E-state index contributed by atoms with van der Waals surface area (Å²) < 4.78 is 0. The Morgan fingerprint density at radius 1 is 1.37 bits per heavy atom. The topological polar surface area (TPSA) is 39.6 Å². The van der Waals surface area contributed by atoms with E-state index in [1.807, 2.05) is 6.92 Å². The van der Waals surface area contributed by atoms with Gasteiger partial charge in [0.1, 0.15) is 0 Å². The molecule has 2 atom stereocenters. The fourth-order valence-corrected chi connectivity index (χ4v) is 3.65. The number of nitrogens with zero attached hydrogens (tertiary/aromatic N) is 3. The van der Waals surface area contributed by atoms with Gasteiger partial charge in [0.05, 0.1) is 16.8 Å². The number of aromatic nitrogens is 1. The van der Waals surface area contributed by atoms with E-state index in [-0.39, 0.29) is 12.1 Å². The molecule has 1 aromatic heterocycles. The second-order valence-electron chi connectivity index (χ2n) is 5.68. The zero-order valence-corrected chi connectivity index (χ0v) is 13.2. The van der Waals surface area contributed by atoms with Crippen LogP contribution in [0.25, 0.3) is 0 Å². The van der Waals surface area contributed by atoms with Gasteiger partial charge >= 0.3 is 0 Å². The molecule has 5 heteroatoms. The number of likely N-dealkylation sites (N-methyl/N-ethyl adjacent to an activating group) is 2. The lowest BCUT2D eigenvalue weighted by Gasteiger charge is -2.31. The van der Waals surface area contributed by atoms with Gasteiger partial charge in [-0.25, -0.2) is 4.98 Å². The number of hydrogen-bond donors (Lipinski definition) is 1. The zero-order valence-electron chi connectivity index (χ0n) is 12.4. The van der Waals surface area contributed by atoms with Crippen molar-refractivity contribution < 1.29 is 5.11 Å². The van der Waals surface area contributed by atoms with Crippen LogP contribution in [0.5, 0.6) is 0 Å². The number of aliphatic hydroxyl groups excluding tert-OH is 1. The smallest absolute Gasteiger partial charge is 0.0957 e. The molecule has 2 rings (SSSR count). The van der Waals surface area contributed by atoms with E-state index in [0.29, 0.717) is 6.42 Å². The summed E-state index contributed by atoms with van der Waals surface area (Å²) in [5.74, 6) is 0. The third-order valence-electron chi connectivity index (χ3n) is 4.02. The lowest BCUT2D eigenvalue weighted by molar-refractivity contribution is 0.0581. The SMILES string of the molecule is Cc1nc(CC(O)C2CN(C)CCCN2C)sc1C. The molecule has 1 aliphatic rings. The van der Waals surface area contributed by atoms with Gasteiger partial charge in [-0.1, -0.05) is 0 Å². The number of rotatable bonds is 3. The highest BCUT2D eigenvalue weighted by Gasteiger charge is 2.27. The molecule has 1 aliphatic heterocycles. The summed E-state index contributed by atoms with van der Waals surface area (Å²) in [5, 5.41) is 11.6. The van der Waals surface area contributed by atoms with Crippen molar-refractivity contribution in [2.45, 2.75) is 38.8 Å². The largest absolute Gasteiger partial charge is 0.391 e. The lowest BCUT2D eigenvalue weighted by Crippen LogP contribution is -2.46. The van der Waals surface area contributed by atoms with Crippen LogP contribution in [0, 0.1) is 13.8 Å². The summed E-state index contributed by atoms with van der Waals surface area (Å²) in [6, 6.07) is 0.206. The minimum Gasteiger partial charge on any atom is -0.391 e. The Bertz CT molecular complexity index is 401. The number of aliphatic hydroxyl groups is 1. The highest BCUT2D eigenvalue weighted by molar-refractivity contribution is 7.11. The van der Waals surface area contributed by atoms with E-state index in [4.69, 9.17) is 0 Å². The summed E-state index contributed by atoms with van der Waals surface area (Å²) in [4.78, 5) is 10.4. The summed E-state index contributed by atoms with van der Waals surface area (Å²) in [5.41, 5.74) is 1.10. The van der Waals surface area contributed by atoms with Gasteiger partial charge in [0.15, 0.2) is 0 Å². The van der Waals surface area contributed by atoms with Gasteiger partial charge in [-0.3, -0.25) is 4.90 Å². The maximum Gasteiger partial charge on any atom is 0.0957 e. The van der Waals surface area contributed by atoms with Crippen molar-refractivity contribution >= 4 is 11.3 Å². The average molecular weight is 283 g/mol. The monoisotopic (exact) mass is 283 g/mol. The van der Waals surface area contributed by atoms with Gasteiger partial charge < -0.3 is 10.0 Å². The Morgan fingerprint density at radius 3 is 2.74 bits per heavy atom. The number of aryl methyl sites for hydroxylation is 2. The van der Waals surface area contributed by atoms with Crippen molar-refractivity contribution in [3.63, 3.8) is 0 Å². The van der Waals surface area contributed by atoms with E-state index in [1.54, 1.807) is 11.3 Å². The van der Waals surface area contributed by atoms with Crippen molar-refractivity contribution in [3.8, 4) is 0 Å². The van der Waals surface area contributed by atoms with Gasteiger partial charge in [0, 0.05) is 23.9 Å². The molecule has 1 N–H and O–H groups in total. The minimum absolute atomic E-state index is 0.206. The van der Waals surface area contributed by atoms with Crippen LogP contribution < -0.4 is 0 Å². The van der Waals surface area contributed by atoms with Crippen LogP contribution in [0.4, 0.5) is 0 Å². The van der Waals surface area contributed by atoms with Crippen LogP contribution in [-0.4, -0.2) is 65.8 Å². The molecule has 0 amide bonds. The molecule has 0 saturated carbocycles. The third kappa shape index (κ3) is 3.75. The zero-order chi connectivity index (χ0) is 14.0. The first-order valence-corrected chi connectivity index (χ1v) is 7.78. The van der Waals surface area contributed by atoms with Gasteiger partial charge in [-0.15, -0.1) is 11.3 Å². The van der Waals surface area contributed by atoms with Crippen LogP contribution in [0.2, 0.25) is 0 Å². The molecule has 1 aromatic rings. The standard InChI is InChI=1S/C14H25N3OS/c1-10-11(2)19-14(15-10)8-13(18)12-9-16(3)6-5-7-17(12)4/h12-13,18H,5-9H2,1-4H3. The molecule has 2 heterocycles. The molecule has 0 aliphatic carbocycles. The first-order chi connectivity index (χ1) is 8.97. The summed E-state index contributed by atoms with van der Waals surface area (Å²) in [7, 11) is 4.25. The highest BCUT2D eigenvalue weighted by atomic mass is 32.1. The quantitative estimate of drug-likeness (QED) is 0.908. The van der Waals surface area contributed by atoms with Crippen molar-refractivity contribution in [1.29, 1.82) is 0 Å². The molecule has 1 fully saturated rings. The van der Waals surface area contributed by atoms with E-state index in [9.17, 15) is 5.11 Å². The van der Waals surface area contributed by atoms with E-state index in [2.05, 4.69) is 35.8 Å². The van der Waals surface area contributed by atoms with E-state index >= 15 is 0 Å². The van der Waals surface area contributed by atoms with Crippen molar-refractivity contribution in [1.82, 2.24) is 14.8 Å². The molecule has 4 nitrogen and oxygen atoms in total. The maximum atomic E-state index is 10.5. The van der Waals surface area contributed by atoms with Gasteiger partial charge in [0.2, 0.25) is 0 Å². The summed E-state index contributed by atoms with van der Waals surface area (Å²) in [6.07, 6.45) is 1.50. The van der Waals surface area contributed by atoms with Crippen LogP contribution in [0.3, 0.4) is 0 Å². The second-order valence-corrected chi connectivity index (χ2v) is 6.97. The summed E-state index contributed by atoms with van der Waals surface area (Å²) >= 11 is 1.71. The molecule has 0 aromatic carbocycles. The molecule has 2 unspecified atom stereocenters. The minimum atomic E-state index is -0.338. The molecular formula is C14H25N3OS. The first-order valence-electron chi connectivity index (χ1n) is 6.97. The van der Waals surface area contributed by atoms with Crippen LogP contribution >= 0.6 is 11.3 Å². The summed E-state index contributed by atoms with van der Waals surface area (Å²) in [6.45, 7) is 7.23. The van der Waals surface area contributed by atoms with Gasteiger partial charge in [-0.05, 0) is 47.5 Å². The Balaban J connectivity index is 2.02. The Hall–Kier alpha value is -0.490. The Morgan fingerprint density at radius 2 is 2.11 bits per heavy atom. The van der Waals surface area contributed by atoms with Crippen molar-refractivity contribution in [2.24, 2.45) is 0 Å². The van der Waals surface area contributed by atoms with Crippen LogP contribution in [0.15, 0.2) is 0 Å². The molecule has 0 radical (unpaired) electrons. The number of thiazole rings is 1. The molecule has 1 saturated heterocycles. The predicted molar refractivity (Wildman–Crippen MR) is 79.8 cm³/mol. The molecule has 108 valence electrons. The average Bonchev–Trinajstić information content (AvgIpc) is 2.54. The van der Waals surface area contributed by atoms with E-state index in [1.165, 1.54) is 11.3 Å². The Labute approximate surface area is 120 Å². The maximum absolute atomic E-state index is 10.5. The van der Waals surface area contributed by atoms with E-state index in [0.717, 1.165) is 30.3 Å². The van der Waals surface area contributed by atoms with Gasteiger partial charge in [0.25, 0.3) is 0 Å². The lowest BCUT2D eigenvalue weighted by atomic mass is 10.1. The third-order valence-corrected chi connectivity index (χ3v) is 5.11. The highest BCUT2D eigenvalue weighted by Crippen LogP contribution is 2.20. The fraction of sp³-hybridized carbons (Fsp3) is 0.786. The first kappa shape index (κ1) is 14.9. The van der Waals surface area contributed by atoms with Crippen LogP contribution in [0.1, 0.15) is 22.0 Å². The normalized spacial score (nSPS) is 24.4. The molecule has 0 spiro atoms. The fourth-order valence-electron chi connectivity index (χ4n) is 2.66. The van der Waals surface area contributed by atoms with Crippen molar-refractivity contribution in [3.05, 3.63) is 15.6 Å². The second kappa shape index (κ2) is 6.31. The Kier molecular flexibility index (Phi) is 4.95. The van der Waals surface area contributed by atoms with Crippen LogP contribution in [-0.2, 0) is 6.42 Å². The number of hydrogen-bond acceptors (Lipinski definition) is 5. The van der Waals surface area contributed by atoms with Gasteiger partial charge in [-0.2, -0.15) is 0 Å². The molecule has 19 heavy (non-hydrogen) atoms. The van der Waals surface area contributed by atoms with Crippen molar-refractivity contribution in [2.75, 3.05) is 33.7 Å². The molecular weight excluding hydrogens is 258 g/mol.